The van der Waals surface area contributed by atoms with Crippen molar-refractivity contribution in [3.05, 3.63) is 47.3 Å². The number of amides is 1. The number of rotatable bonds is 4. The Morgan fingerprint density at radius 1 is 1.35 bits per heavy atom. The number of aryl methyl sites for hydroxylation is 1. The molecule has 0 bridgehead atoms. The van der Waals surface area contributed by atoms with Gasteiger partial charge in [0.2, 0.25) is 0 Å². The van der Waals surface area contributed by atoms with E-state index in [0.29, 0.717) is 11.3 Å². The van der Waals surface area contributed by atoms with Crippen molar-refractivity contribution >= 4 is 5.91 Å². The van der Waals surface area contributed by atoms with E-state index in [2.05, 4.69) is 10.4 Å². The van der Waals surface area contributed by atoms with E-state index in [0.717, 1.165) is 11.4 Å². The molecule has 1 atom stereocenters. The van der Waals surface area contributed by atoms with Gasteiger partial charge < -0.3 is 10.4 Å². The molecule has 0 aliphatic heterocycles. The Balaban J connectivity index is 2.37. The lowest BCUT2D eigenvalue weighted by atomic mass is 10.1. The number of aliphatic hydroxyl groups excluding tert-OH is 1. The molecule has 1 aromatic heterocycles. The van der Waals surface area contributed by atoms with E-state index in [9.17, 15) is 4.79 Å². The van der Waals surface area contributed by atoms with Crippen molar-refractivity contribution in [2.24, 2.45) is 0 Å². The highest BCUT2D eigenvalue weighted by atomic mass is 16.3. The Hall–Kier alpha value is -2.14. The van der Waals surface area contributed by atoms with Crippen LogP contribution >= 0.6 is 0 Å². The van der Waals surface area contributed by atoms with Crippen LogP contribution in [0.5, 0.6) is 0 Å². The van der Waals surface area contributed by atoms with Crippen LogP contribution in [-0.2, 0) is 0 Å². The summed E-state index contributed by atoms with van der Waals surface area (Å²) in [5.41, 5.74) is 2.95. The van der Waals surface area contributed by atoms with Crippen LogP contribution in [0.3, 0.4) is 0 Å². The Morgan fingerprint density at radius 3 is 2.60 bits per heavy atom. The first-order valence-electron chi connectivity index (χ1n) is 6.58. The first-order chi connectivity index (χ1) is 9.54. The van der Waals surface area contributed by atoms with Gasteiger partial charge in [-0.25, -0.2) is 4.68 Å². The molecule has 2 rings (SSSR count). The number of carbonyl (C=O) groups excluding carboxylic acids is 1. The van der Waals surface area contributed by atoms with Gasteiger partial charge in [0.15, 0.2) is 0 Å². The third-order valence-electron chi connectivity index (χ3n) is 3.17. The van der Waals surface area contributed by atoms with Crippen LogP contribution < -0.4 is 5.32 Å². The summed E-state index contributed by atoms with van der Waals surface area (Å²) in [6.45, 7) is 5.34. The normalized spacial score (nSPS) is 12.2. The maximum Gasteiger partial charge on any atom is 0.255 e. The second kappa shape index (κ2) is 5.88. The summed E-state index contributed by atoms with van der Waals surface area (Å²) in [5, 5.41) is 16.2. The lowest BCUT2D eigenvalue weighted by Gasteiger charge is -2.11. The molecule has 1 aromatic carbocycles. The molecule has 1 amide bonds. The minimum Gasteiger partial charge on any atom is -0.394 e. The summed E-state index contributed by atoms with van der Waals surface area (Å²) in [6, 6.07) is 9.40. The van der Waals surface area contributed by atoms with E-state index in [1.165, 1.54) is 0 Å². The molecule has 0 fully saturated rings. The third-order valence-corrected chi connectivity index (χ3v) is 3.17. The lowest BCUT2D eigenvalue weighted by Crippen LogP contribution is -2.35. The zero-order valence-electron chi connectivity index (χ0n) is 11.9. The van der Waals surface area contributed by atoms with Gasteiger partial charge in [-0.2, -0.15) is 5.10 Å². The maximum atomic E-state index is 12.2. The summed E-state index contributed by atoms with van der Waals surface area (Å²) in [6.07, 6.45) is 0. The molecule has 1 unspecified atom stereocenters. The summed E-state index contributed by atoms with van der Waals surface area (Å²) >= 11 is 0. The molecule has 0 radical (unpaired) electrons. The number of carbonyl (C=O) groups is 1. The first kappa shape index (κ1) is 14.3. The van der Waals surface area contributed by atoms with Gasteiger partial charge >= 0.3 is 0 Å². The largest absolute Gasteiger partial charge is 0.394 e. The Bertz CT molecular complexity index is 605. The van der Waals surface area contributed by atoms with Crippen LogP contribution in [-0.4, -0.2) is 33.4 Å². The van der Waals surface area contributed by atoms with Gasteiger partial charge in [-0.1, -0.05) is 18.2 Å². The van der Waals surface area contributed by atoms with E-state index < -0.39 is 0 Å². The quantitative estimate of drug-likeness (QED) is 0.889. The second-order valence-electron chi connectivity index (χ2n) is 4.85. The first-order valence-corrected chi connectivity index (χ1v) is 6.58. The summed E-state index contributed by atoms with van der Waals surface area (Å²) in [5.74, 6) is -0.205. The number of nitrogens with zero attached hydrogens (tertiary/aromatic N) is 2. The zero-order chi connectivity index (χ0) is 14.7. The standard InChI is InChI=1S/C15H19N3O2/c1-10(9-19)16-15(20)14-11(2)17-18(12(14)3)13-7-5-4-6-8-13/h4-8,10,19H,9H2,1-3H3,(H,16,20). The van der Waals surface area contributed by atoms with Crippen molar-refractivity contribution in [2.75, 3.05) is 6.61 Å². The van der Waals surface area contributed by atoms with Crippen molar-refractivity contribution in [3.8, 4) is 5.69 Å². The molecular formula is C15H19N3O2. The van der Waals surface area contributed by atoms with Gasteiger partial charge in [0.1, 0.15) is 0 Å². The van der Waals surface area contributed by atoms with Crippen molar-refractivity contribution in [1.29, 1.82) is 0 Å². The molecule has 20 heavy (non-hydrogen) atoms. The summed E-state index contributed by atoms with van der Waals surface area (Å²) in [4.78, 5) is 12.2. The summed E-state index contributed by atoms with van der Waals surface area (Å²) in [7, 11) is 0. The van der Waals surface area contributed by atoms with Crippen LogP contribution in [0.1, 0.15) is 28.7 Å². The van der Waals surface area contributed by atoms with Gasteiger partial charge in [0.25, 0.3) is 5.91 Å². The van der Waals surface area contributed by atoms with Gasteiger partial charge in [-0.05, 0) is 32.9 Å². The monoisotopic (exact) mass is 273 g/mol. The number of aliphatic hydroxyl groups is 1. The molecule has 5 heteroatoms. The molecule has 0 saturated carbocycles. The third kappa shape index (κ3) is 2.72. The zero-order valence-corrected chi connectivity index (χ0v) is 11.9. The Labute approximate surface area is 118 Å². The van der Waals surface area contributed by atoms with Crippen LogP contribution in [0.2, 0.25) is 0 Å². The van der Waals surface area contributed by atoms with Crippen LogP contribution in [0.4, 0.5) is 0 Å². The fourth-order valence-corrected chi connectivity index (χ4v) is 2.13. The number of hydrogen-bond acceptors (Lipinski definition) is 3. The molecule has 0 aliphatic carbocycles. The number of nitrogens with one attached hydrogen (secondary N) is 1. The van der Waals surface area contributed by atoms with Gasteiger partial charge in [-0.15, -0.1) is 0 Å². The molecule has 2 aromatic rings. The predicted molar refractivity (Wildman–Crippen MR) is 77.1 cm³/mol. The second-order valence-corrected chi connectivity index (χ2v) is 4.85. The fraction of sp³-hybridized carbons (Fsp3) is 0.333. The fourth-order valence-electron chi connectivity index (χ4n) is 2.13. The molecule has 0 saturated heterocycles. The van der Waals surface area contributed by atoms with E-state index >= 15 is 0 Å². The van der Waals surface area contributed by atoms with Crippen molar-refractivity contribution in [1.82, 2.24) is 15.1 Å². The van der Waals surface area contributed by atoms with Crippen LogP contribution in [0, 0.1) is 13.8 Å². The maximum absolute atomic E-state index is 12.2. The van der Waals surface area contributed by atoms with Crippen molar-refractivity contribution in [2.45, 2.75) is 26.8 Å². The van der Waals surface area contributed by atoms with Gasteiger partial charge in [-0.3, -0.25) is 4.79 Å². The molecule has 106 valence electrons. The molecular weight excluding hydrogens is 254 g/mol. The van der Waals surface area contributed by atoms with E-state index in [1.807, 2.05) is 44.2 Å². The molecule has 0 spiro atoms. The minimum atomic E-state index is -0.277. The molecule has 5 nitrogen and oxygen atoms in total. The predicted octanol–water partition coefficient (Wildman–Crippen LogP) is 1.60. The lowest BCUT2D eigenvalue weighted by molar-refractivity contribution is 0.0921. The van der Waals surface area contributed by atoms with Gasteiger partial charge in [0.05, 0.1) is 29.2 Å². The van der Waals surface area contributed by atoms with E-state index in [-0.39, 0.29) is 18.6 Å². The average Bonchev–Trinajstić information content (AvgIpc) is 2.74. The minimum absolute atomic E-state index is 0.0866. The highest BCUT2D eigenvalue weighted by Crippen LogP contribution is 2.17. The highest BCUT2D eigenvalue weighted by Gasteiger charge is 2.20. The van der Waals surface area contributed by atoms with Crippen molar-refractivity contribution in [3.63, 3.8) is 0 Å². The number of hydrogen-bond donors (Lipinski definition) is 2. The highest BCUT2D eigenvalue weighted by molar-refractivity contribution is 5.96. The molecule has 0 aliphatic rings. The Kier molecular flexibility index (Phi) is 4.20. The van der Waals surface area contributed by atoms with Crippen LogP contribution in [0.15, 0.2) is 30.3 Å². The number of benzene rings is 1. The van der Waals surface area contributed by atoms with Crippen LogP contribution in [0.25, 0.3) is 5.69 Å². The number of aromatic nitrogens is 2. The summed E-state index contributed by atoms with van der Waals surface area (Å²) < 4.78 is 1.76. The number of para-hydroxylation sites is 1. The van der Waals surface area contributed by atoms with E-state index in [4.69, 9.17) is 5.11 Å². The smallest absolute Gasteiger partial charge is 0.255 e. The molecule has 2 N–H and O–H groups in total. The molecule has 1 heterocycles. The average molecular weight is 273 g/mol. The topological polar surface area (TPSA) is 67.2 Å². The van der Waals surface area contributed by atoms with Gasteiger partial charge in [0, 0.05) is 6.04 Å². The van der Waals surface area contributed by atoms with E-state index in [1.54, 1.807) is 11.6 Å². The van der Waals surface area contributed by atoms with Crippen molar-refractivity contribution < 1.29 is 9.90 Å². The Morgan fingerprint density at radius 2 is 2.00 bits per heavy atom. The SMILES string of the molecule is Cc1nn(-c2ccccc2)c(C)c1C(=O)NC(C)CO.